The van der Waals surface area contributed by atoms with E-state index in [1.165, 1.54) is 6.20 Å². The molecule has 0 unspecified atom stereocenters. The zero-order valence-corrected chi connectivity index (χ0v) is 7.28. The van der Waals surface area contributed by atoms with Crippen LogP contribution in [-0.2, 0) is 5.33 Å². The molecule has 0 aliphatic carbocycles. The van der Waals surface area contributed by atoms with Gasteiger partial charge in [0.2, 0.25) is 5.95 Å². The molecular formula is C6H4BrClFN. The quantitative estimate of drug-likeness (QED) is 0.528. The van der Waals surface area contributed by atoms with Crippen LogP contribution < -0.4 is 0 Å². The van der Waals surface area contributed by atoms with Gasteiger partial charge >= 0.3 is 0 Å². The van der Waals surface area contributed by atoms with Gasteiger partial charge in [-0.05, 0) is 11.6 Å². The Morgan fingerprint density at radius 3 is 2.90 bits per heavy atom. The van der Waals surface area contributed by atoms with E-state index in [0.717, 1.165) is 0 Å². The lowest BCUT2D eigenvalue weighted by Gasteiger charge is -1.97. The van der Waals surface area contributed by atoms with Crippen LogP contribution in [0.25, 0.3) is 0 Å². The highest BCUT2D eigenvalue weighted by molar-refractivity contribution is 9.08. The molecule has 0 atom stereocenters. The maximum Gasteiger partial charge on any atom is 0.231 e. The van der Waals surface area contributed by atoms with Crippen LogP contribution in [0.1, 0.15) is 5.56 Å². The molecule has 0 amide bonds. The van der Waals surface area contributed by atoms with E-state index in [0.29, 0.717) is 10.9 Å². The Labute approximate surface area is 71.4 Å². The third kappa shape index (κ3) is 1.47. The normalized spacial score (nSPS) is 9.90. The molecule has 0 radical (unpaired) electrons. The van der Waals surface area contributed by atoms with Crippen molar-refractivity contribution in [3.05, 3.63) is 28.8 Å². The summed E-state index contributed by atoms with van der Waals surface area (Å²) in [7, 11) is 0. The van der Waals surface area contributed by atoms with Crippen LogP contribution in [0.4, 0.5) is 4.39 Å². The summed E-state index contributed by atoms with van der Waals surface area (Å²) in [6, 6.07) is 1.67. The van der Waals surface area contributed by atoms with E-state index in [1.54, 1.807) is 6.07 Å². The number of halogens is 3. The molecule has 0 bridgehead atoms. The summed E-state index contributed by atoms with van der Waals surface area (Å²) in [4.78, 5) is 3.37. The van der Waals surface area contributed by atoms with Gasteiger partial charge in [0.25, 0.3) is 0 Å². The number of aromatic nitrogens is 1. The van der Waals surface area contributed by atoms with Crippen molar-refractivity contribution < 1.29 is 4.39 Å². The van der Waals surface area contributed by atoms with Crippen LogP contribution in [0.5, 0.6) is 0 Å². The second kappa shape index (κ2) is 3.30. The lowest BCUT2D eigenvalue weighted by molar-refractivity contribution is 0.583. The van der Waals surface area contributed by atoms with Gasteiger partial charge in [0.1, 0.15) is 0 Å². The largest absolute Gasteiger partial charge is 0.231 e. The van der Waals surface area contributed by atoms with Crippen LogP contribution in [0.2, 0.25) is 5.02 Å². The van der Waals surface area contributed by atoms with E-state index >= 15 is 0 Å². The number of hydrogen-bond donors (Lipinski definition) is 0. The Kier molecular flexibility index (Phi) is 2.63. The number of alkyl halides is 1. The van der Waals surface area contributed by atoms with Crippen LogP contribution in [-0.4, -0.2) is 4.98 Å². The van der Waals surface area contributed by atoms with Gasteiger partial charge in [-0.15, -0.1) is 0 Å². The minimum Gasteiger partial charge on any atom is -0.227 e. The number of hydrogen-bond acceptors (Lipinski definition) is 1. The fraction of sp³-hybridized carbons (Fsp3) is 0.167. The second-order valence-electron chi connectivity index (χ2n) is 1.71. The molecule has 0 saturated heterocycles. The topological polar surface area (TPSA) is 12.9 Å². The Morgan fingerprint density at radius 1 is 1.70 bits per heavy atom. The van der Waals surface area contributed by atoms with Crippen molar-refractivity contribution in [2.45, 2.75) is 5.33 Å². The van der Waals surface area contributed by atoms with E-state index in [1.807, 2.05) is 0 Å². The molecule has 0 aromatic carbocycles. The first kappa shape index (κ1) is 7.95. The van der Waals surface area contributed by atoms with E-state index in [-0.39, 0.29) is 5.02 Å². The molecule has 4 heteroatoms. The van der Waals surface area contributed by atoms with Gasteiger partial charge in [-0.2, -0.15) is 4.39 Å². The molecule has 54 valence electrons. The van der Waals surface area contributed by atoms with Crippen LogP contribution >= 0.6 is 27.5 Å². The van der Waals surface area contributed by atoms with Gasteiger partial charge in [-0.1, -0.05) is 27.5 Å². The fourth-order valence-corrected chi connectivity index (χ4v) is 1.37. The predicted octanol–water partition coefficient (Wildman–Crippen LogP) is 2.77. The molecule has 10 heavy (non-hydrogen) atoms. The minimum atomic E-state index is -0.612. The Balaban J connectivity index is 3.14. The molecular weight excluding hydrogens is 220 g/mol. The summed E-state index contributed by atoms with van der Waals surface area (Å²) in [5, 5.41) is 0.644. The summed E-state index contributed by atoms with van der Waals surface area (Å²) in [6.07, 6.45) is 1.39. The number of pyridine rings is 1. The van der Waals surface area contributed by atoms with E-state index in [9.17, 15) is 4.39 Å². The van der Waals surface area contributed by atoms with Crippen LogP contribution in [0.3, 0.4) is 0 Å². The third-order valence-corrected chi connectivity index (χ3v) is 2.07. The van der Waals surface area contributed by atoms with Gasteiger partial charge in [0.15, 0.2) is 0 Å². The van der Waals surface area contributed by atoms with Gasteiger partial charge < -0.3 is 0 Å². The SMILES string of the molecule is Fc1nccc(CBr)c1Cl. The molecule has 0 saturated carbocycles. The van der Waals surface area contributed by atoms with Crippen molar-refractivity contribution in [1.29, 1.82) is 0 Å². The molecule has 0 fully saturated rings. The number of rotatable bonds is 1. The van der Waals surface area contributed by atoms with Crippen molar-refractivity contribution in [3.63, 3.8) is 0 Å². The lowest BCUT2D eigenvalue weighted by atomic mass is 10.3. The maximum atomic E-state index is 12.5. The summed E-state index contributed by atoms with van der Waals surface area (Å²) in [5.41, 5.74) is 0.717. The van der Waals surface area contributed by atoms with Crippen molar-refractivity contribution in [2.24, 2.45) is 0 Å². The zero-order chi connectivity index (χ0) is 7.56. The van der Waals surface area contributed by atoms with E-state index in [4.69, 9.17) is 11.6 Å². The van der Waals surface area contributed by atoms with Gasteiger partial charge in [-0.3, -0.25) is 0 Å². The van der Waals surface area contributed by atoms with Gasteiger partial charge in [0.05, 0.1) is 5.02 Å². The van der Waals surface area contributed by atoms with Crippen LogP contribution in [0, 0.1) is 5.95 Å². The van der Waals surface area contributed by atoms with Crippen molar-refractivity contribution in [1.82, 2.24) is 4.98 Å². The molecule has 0 spiro atoms. The molecule has 1 aromatic heterocycles. The van der Waals surface area contributed by atoms with Crippen LogP contribution in [0.15, 0.2) is 12.3 Å². The smallest absolute Gasteiger partial charge is 0.227 e. The first-order chi connectivity index (χ1) is 4.75. The average molecular weight is 224 g/mol. The number of nitrogens with zero attached hydrogens (tertiary/aromatic N) is 1. The molecule has 1 aromatic rings. The van der Waals surface area contributed by atoms with Crippen molar-refractivity contribution in [3.8, 4) is 0 Å². The summed E-state index contributed by atoms with van der Waals surface area (Å²) in [5.74, 6) is -0.612. The van der Waals surface area contributed by atoms with Crippen molar-refractivity contribution in [2.75, 3.05) is 0 Å². The molecule has 1 heterocycles. The first-order valence-electron chi connectivity index (χ1n) is 2.60. The van der Waals surface area contributed by atoms with E-state index < -0.39 is 5.95 Å². The third-order valence-electron chi connectivity index (χ3n) is 1.07. The molecule has 1 nitrogen and oxygen atoms in total. The first-order valence-corrected chi connectivity index (χ1v) is 4.10. The highest BCUT2D eigenvalue weighted by atomic mass is 79.9. The minimum absolute atomic E-state index is 0.0966. The zero-order valence-electron chi connectivity index (χ0n) is 4.94. The molecule has 0 aliphatic heterocycles. The molecule has 0 N–H and O–H groups in total. The Hall–Kier alpha value is -0.150. The monoisotopic (exact) mass is 223 g/mol. The highest BCUT2D eigenvalue weighted by Crippen LogP contribution is 2.19. The average Bonchev–Trinajstić information content (AvgIpc) is 1.95. The fourth-order valence-electron chi connectivity index (χ4n) is 0.558. The Bertz CT molecular complexity index is 241. The lowest BCUT2D eigenvalue weighted by Crippen LogP contribution is -1.87. The predicted molar refractivity (Wildman–Crippen MR) is 41.8 cm³/mol. The summed E-state index contributed by atoms with van der Waals surface area (Å²) < 4.78 is 12.5. The van der Waals surface area contributed by atoms with Gasteiger partial charge in [-0.25, -0.2) is 4.98 Å². The molecule has 0 aliphatic rings. The summed E-state index contributed by atoms with van der Waals surface area (Å²) >= 11 is 8.69. The maximum absolute atomic E-state index is 12.5. The van der Waals surface area contributed by atoms with E-state index in [2.05, 4.69) is 20.9 Å². The summed E-state index contributed by atoms with van der Waals surface area (Å²) in [6.45, 7) is 0. The molecule has 1 rings (SSSR count). The highest BCUT2D eigenvalue weighted by Gasteiger charge is 2.03. The Morgan fingerprint density at radius 2 is 2.40 bits per heavy atom. The second-order valence-corrected chi connectivity index (χ2v) is 2.65. The standard InChI is InChI=1S/C6H4BrClFN/c7-3-4-1-2-10-6(9)5(4)8/h1-2H,3H2. The van der Waals surface area contributed by atoms with Crippen molar-refractivity contribution >= 4 is 27.5 Å². The van der Waals surface area contributed by atoms with Gasteiger partial charge in [0, 0.05) is 11.5 Å².